The van der Waals surface area contributed by atoms with Gasteiger partial charge < -0.3 is 16.3 Å². The molecule has 4 N–H and O–H groups in total. The third-order valence-electron chi connectivity index (χ3n) is 4.04. The van der Waals surface area contributed by atoms with E-state index >= 15 is 0 Å². The Balaban J connectivity index is 2.07. The third kappa shape index (κ3) is 3.70. The molecule has 1 aliphatic carbocycles. The summed E-state index contributed by atoms with van der Waals surface area (Å²) in [5.74, 6) is -0.450. The normalized spacial score (nSPS) is 19.0. The Bertz CT molecular complexity index is 496. The number of hydrogen-bond acceptors (Lipinski definition) is 3. The van der Waals surface area contributed by atoms with Gasteiger partial charge in [-0.3, -0.25) is 0 Å². The molecule has 0 unspecified atom stereocenters. The van der Waals surface area contributed by atoms with Crippen LogP contribution in [-0.2, 0) is 6.54 Å². The minimum Gasteiger partial charge on any atom is -0.409 e. The molecule has 20 heavy (non-hydrogen) atoms. The molecular formula is C15H22FN3O. The lowest BCUT2D eigenvalue weighted by Crippen LogP contribution is -2.43. The zero-order chi connectivity index (χ0) is 14.6. The molecule has 0 spiro atoms. The van der Waals surface area contributed by atoms with Gasteiger partial charge in [-0.05, 0) is 43.5 Å². The Morgan fingerprint density at radius 2 is 2.05 bits per heavy atom. The maximum Gasteiger partial charge on any atom is 0.170 e. The summed E-state index contributed by atoms with van der Waals surface area (Å²) in [6.45, 7) is 2.80. The second-order valence-corrected chi connectivity index (χ2v) is 5.81. The van der Waals surface area contributed by atoms with Crippen LogP contribution in [0.5, 0.6) is 0 Å². The number of nitrogens with one attached hydrogen (secondary N) is 1. The highest BCUT2D eigenvalue weighted by atomic mass is 19.1. The fraction of sp³-hybridized carbons (Fsp3) is 0.533. The molecular weight excluding hydrogens is 257 g/mol. The quantitative estimate of drug-likeness (QED) is 0.343. The highest BCUT2D eigenvalue weighted by molar-refractivity contribution is 5.97. The molecule has 0 aliphatic heterocycles. The van der Waals surface area contributed by atoms with E-state index in [1.54, 1.807) is 6.07 Å². The van der Waals surface area contributed by atoms with Crippen LogP contribution < -0.4 is 11.1 Å². The lowest BCUT2D eigenvalue weighted by atomic mass is 9.83. The first-order valence-corrected chi connectivity index (χ1v) is 7.05. The zero-order valence-corrected chi connectivity index (χ0v) is 11.8. The molecule has 1 aliphatic rings. The van der Waals surface area contributed by atoms with E-state index in [9.17, 15) is 4.39 Å². The molecule has 0 aromatic heterocycles. The van der Waals surface area contributed by atoms with Crippen LogP contribution in [-0.4, -0.2) is 16.6 Å². The van der Waals surface area contributed by atoms with Gasteiger partial charge in [-0.1, -0.05) is 24.4 Å². The lowest BCUT2D eigenvalue weighted by Gasteiger charge is -2.35. The zero-order valence-electron chi connectivity index (χ0n) is 11.8. The van der Waals surface area contributed by atoms with E-state index in [0.29, 0.717) is 12.1 Å². The maximum absolute atomic E-state index is 13.6. The minimum absolute atomic E-state index is 0.0744. The highest BCUT2D eigenvalue weighted by Gasteiger charge is 2.25. The molecule has 5 heteroatoms. The summed E-state index contributed by atoms with van der Waals surface area (Å²) >= 11 is 0. The average Bonchev–Trinajstić information content (AvgIpc) is 2.45. The predicted octanol–water partition coefficient (Wildman–Crippen LogP) is 2.73. The smallest absolute Gasteiger partial charge is 0.170 e. The minimum atomic E-state index is -0.375. The maximum atomic E-state index is 13.6. The molecule has 2 rings (SSSR count). The van der Waals surface area contributed by atoms with Crippen molar-refractivity contribution in [3.63, 3.8) is 0 Å². The first-order chi connectivity index (χ1) is 9.52. The average molecular weight is 279 g/mol. The van der Waals surface area contributed by atoms with Gasteiger partial charge in [0.2, 0.25) is 0 Å². The number of amidine groups is 1. The van der Waals surface area contributed by atoms with Crippen LogP contribution in [0.2, 0.25) is 0 Å². The van der Waals surface area contributed by atoms with Crippen LogP contribution in [0.4, 0.5) is 4.39 Å². The van der Waals surface area contributed by atoms with E-state index < -0.39 is 0 Å². The molecule has 1 saturated carbocycles. The van der Waals surface area contributed by atoms with Crippen LogP contribution in [0, 0.1) is 5.82 Å². The van der Waals surface area contributed by atoms with Crippen molar-refractivity contribution < 1.29 is 9.60 Å². The van der Waals surface area contributed by atoms with Crippen molar-refractivity contribution in [1.29, 1.82) is 0 Å². The van der Waals surface area contributed by atoms with Crippen LogP contribution in [0.25, 0.3) is 0 Å². The van der Waals surface area contributed by atoms with E-state index in [1.807, 2.05) is 0 Å². The largest absolute Gasteiger partial charge is 0.409 e. The molecule has 0 bridgehead atoms. The van der Waals surface area contributed by atoms with Gasteiger partial charge in [0.1, 0.15) is 5.82 Å². The van der Waals surface area contributed by atoms with Gasteiger partial charge in [0.25, 0.3) is 0 Å². The molecule has 1 aromatic rings. The van der Waals surface area contributed by atoms with Gasteiger partial charge in [0, 0.05) is 17.6 Å². The van der Waals surface area contributed by atoms with Gasteiger partial charge in [0.15, 0.2) is 5.84 Å². The Labute approximate surface area is 118 Å². The van der Waals surface area contributed by atoms with Crippen molar-refractivity contribution in [2.24, 2.45) is 10.9 Å². The lowest BCUT2D eigenvalue weighted by molar-refractivity contribution is 0.252. The number of nitrogens with two attached hydrogens (primary N) is 1. The van der Waals surface area contributed by atoms with Gasteiger partial charge in [-0.15, -0.1) is 0 Å². The van der Waals surface area contributed by atoms with E-state index in [2.05, 4.69) is 17.4 Å². The number of halogens is 1. The molecule has 4 nitrogen and oxygen atoms in total. The molecule has 0 atom stereocenters. The molecule has 0 heterocycles. The number of benzene rings is 1. The first-order valence-electron chi connectivity index (χ1n) is 7.05. The van der Waals surface area contributed by atoms with E-state index in [0.717, 1.165) is 18.4 Å². The van der Waals surface area contributed by atoms with Crippen molar-refractivity contribution in [2.45, 2.75) is 51.1 Å². The molecule has 0 radical (unpaired) electrons. The number of hydrogen-bond donors (Lipinski definition) is 3. The summed E-state index contributed by atoms with van der Waals surface area (Å²) in [7, 11) is 0. The van der Waals surface area contributed by atoms with Crippen molar-refractivity contribution in [3.8, 4) is 0 Å². The molecule has 110 valence electrons. The van der Waals surface area contributed by atoms with Crippen LogP contribution >= 0.6 is 0 Å². The Hall–Kier alpha value is -1.62. The van der Waals surface area contributed by atoms with Gasteiger partial charge in [0.05, 0.1) is 0 Å². The summed E-state index contributed by atoms with van der Waals surface area (Å²) in [6.07, 6.45) is 6.07. The summed E-state index contributed by atoms with van der Waals surface area (Å²) in [5.41, 5.74) is 6.84. The second kappa shape index (κ2) is 6.22. The Kier molecular flexibility index (Phi) is 4.60. The Morgan fingerprint density at radius 1 is 1.35 bits per heavy atom. The standard InChI is InChI=1S/C15H22FN3O/c1-15(5-3-2-4-6-15)18-10-11-7-12(14(17)19-20)9-13(16)8-11/h7-9,18,20H,2-6,10H2,1H3,(H2,17,19). The summed E-state index contributed by atoms with van der Waals surface area (Å²) in [5, 5.41) is 15.1. The van der Waals surface area contributed by atoms with Crippen LogP contribution in [0.3, 0.4) is 0 Å². The summed E-state index contributed by atoms with van der Waals surface area (Å²) in [4.78, 5) is 0. The Morgan fingerprint density at radius 3 is 2.70 bits per heavy atom. The van der Waals surface area contributed by atoms with Gasteiger partial charge >= 0.3 is 0 Å². The monoisotopic (exact) mass is 279 g/mol. The van der Waals surface area contributed by atoms with Crippen molar-refractivity contribution in [2.75, 3.05) is 0 Å². The second-order valence-electron chi connectivity index (χ2n) is 5.81. The number of oxime groups is 1. The fourth-order valence-corrected chi connectivity index (χ4v) is 2.78. The van der Waals surface area contributed by atoms with E-state index in [1.165, 1.54) is 31.4 Å². The van der Waals surface area contributed by atoms with E-state index in [4.69, 9.17) is 10.9 Å². The van der Waals surface area contributed by atoms with E-state index in [-0.39, 0.29) is 17.2 Å². The molecule has 1 fully saturated rings. The molecule has 1 aromatic carbocycles. The van der Waals surface area contributed by atoms with Gasteiger partial charge in [-0.25, -0.2) is 4.39 Å². The summed E-state index contributed by atoms with van der Waals surface area (Å²) < 4.78 is 13.6. The predicted molar refractivity (Wildman–Crippen MR) is 77.2 cm³/mol. The summed E-state index contributed by atoms with van der Waals surface area (Å²) in [6, 6.07) is 4.49. The SMILES string of the molecule is CC1(NCc2cc(F)cc(/C(N)=N/O)c2)CCCCC1. The van der Waals surface area contributed by atoms with Crippen molar-refractivity contribution in [3.05, 3.63) is 35.1 Å². The van der Waals surface area contributed by atoms with Gasteiger partial charge in [-0.2, -0.15) is 0 Å². The number of nitrogens with zero attached hydrogens (tertiary/aromatic N) is 1. The van der Waals surface area contributed by atoms with Crippen LogP contribution in [0.15, 0.2) is 23.4 Å². The first kappa shape index (κ1) is 14.8. The molecule has 0 amide bonds. The molecule has 0 saturated heterocycles. The number of rotatable bonds is 4. The van der Waals surface area contributed by atoms with Crippen molar-refractivity contribution >= 4 is 5.84 Å². The van der Waals surface area contributed by atoms with Crippen molar-refractivity contribution in [1.82, 2.24) is 5.32 Å². The van der Waals surface area contributed by atoms with Crippen LogP contribution in [0.1, 0.15) is 50.2 Å². The fourth-order valence-electron chi connectivity index (χ4n) is 2.78. The topological polar surface area (TPSA) is 70.6 Å². The third-order valence-corrected chi connectivity index (χ3v) is 4.04. The highest BCUT2D eigenvalue weighted by Crippen LogP contribution is 2.27.